The van der Waals surface area contributed by atoms with Gasteiger partial charge in [0.2, 0.25) is 0 Å². The summed E-state index contributed by atoms with van der Waals surface area (Å²) in [5, 5.41) is 7.19. The quantitative estimate of drug-likeness (QED) is 0.494. The lowest BCUT2D eigenvalue weighted by Gasteiger charge is -2.46. The summed E-state index contributed by atoms with van der Waals surface area (Å²) in [5.41, 5.74) is -2.41. The molecule has 0 aromatic heterocycles. The van der Waals surface area contributed by atoms with E-state index in [1.54, 1.807) is 0 Å². The van der Waals surface area contributed by atoms with E-state index in [-0.39, 0.29) is 23.8 Å². The molecule has 3 atom stereocenters. The van der Waals surface area contributed by atoms with Gasteiger partial charge in [-0.2, -0.15) is 26.3 Å². The molecule has 1 spiro atoms. The van der Waals surface area contributed by atoms with E-state index in [1.807, 2.05) is 30.3 Å². The van der Waals surface area contributed by atoms with Crippen molar-refractivity contribution >= 4 is 0 Å². The van der Waals surface area contributed by atoms with Crippen molar-refractivity contribution in [1.29, 1.82) is 0 Å². The lowest BCUT2D eigenvalue weighted by molar-refractivity contribution is -0.143. The van der Waals surface area contributed by atoms with E-state index in [2.05, 4.69) is 10.6 Å². The second kappa shape index (κ2) is 9.17. The number of halogens is 6. The smallest absolute Gasteiger partial charge is 0.372 e. The minimum Gasteiger partial charge on any atom is -0.372 e. The Morgan fingerprint density at radius 1 is 0.882 bits per heavy atom. The Kier molecular flexibility index (Phi) is 6.74. The molecule has 186 valence electrons. The third-order valence-electron chi connectivity index (χ3n) is 7.11. The van der Waals surface area contributed by atoms with Crippen LogP contribution < -0.4 is 10.6 Å². The Morgan fingerprint density at radius 2 is 1.53 bits per heavy atom. The zero-order valence-corrected chi connectivity index (χ0v) is 18.8. The van der Waals surface area contributed by atoms with Gasteiger partial charge in [-0.1, -0.05) is 30.3 Å². The molecule has 4 rings (SSSR count). The zero-order valence-electron chi connectivity index (χ0n) is 18.8. The highest BCUT2D eigenvalue weighted by atomic mass is 19.4. The first kappa shape index (κ1) is 25.0. The monoisotopic (exact) mass is 486 g/mol. The first-order chi connectivity index (χ1) is 15.9. The molecule has 2 aromatic carbocycles. The first-order valence-corrected chi connectivity index (χ1v) is 11.4. The third kappa shape index (κ3) is 5.26. The number of rotatable bonds is 5. The second-order valence-electron chi connectivity index (χ2n) is 9.40. The van der Waals surface area contributed by atoms with Gasteiger partial charge in [-0.3, -0.25) is 0 Å². The van der Waals surface area contributed by atoms with E-state index in [1.165, 1.54) is 6.92 Å². The molecule has 0 bridgehead atoms. The van der Waals surface area contributed by atoms with Crippen molar-refractivity contribution < 1.29 is 31.1 Å². The molecule has 0 amide bonds. The van der Waals surface area contributed by atoms with Crippen LogP contribution in [0, 0.1) is 0 Å². The third-order valence-corrected chi connectivity index (χ3v) is 7.11. The average Bonchev–Trinajstić information content (AvgIpc) is 3.26. The van der Waals surface area contributed by atoms with Crippen molar-refractivity contribution in [2.45, 2.75) is 62.1 Å². The van der Waals surface area contributed by atoms with Crippen molar-refractivity contribution in [3.8, 4) is 0 Å². The normalized spacial score (nSPS) is 26.7. The van der Waals surface area contributed by atoms with Crippen LogP contribution in [-0.2, 0) is 22.6 Å². The van der Waals surface area contributed by atoms with Crippen molar-refractivity contribution in [2.75, 3.05) is 19.7 Å². The fourth-order valence-corrected chi connectivity index (χ4v) is 4.99. The number of piperidine rings is 1. The summed E-state index contributed by atoms with van der Waals surface area (Å²) >= 11 is 0. The maximum atomic E-state index is 13.3. The van der Waals surface area contributed by atoms with Crippen LogP contribution in [0.4, 0.5) is 26.3 Å². The standard InChI is InChI=1S/C25H28F6N2O/c1-17(18-12-20(24(26,27)28)14-21(13-18)25(29,30)31)34-16-23(19-6-3-2-4-7-19)10-9-22(15-33-23)8-5-11-32-22/h2-4,6-7,12-14,17,32-33H,5,8-11,15-16H2,1H3. The van der Waals surface area contributed by atoms with Crippen LogP contribution in [0.25, 0.3) is 0 Å². The number of hydrogen-bond donors (Lipinski definition) is 2. The predicted molar refractivity (Wildman–Crippen MR) is 116 cm³/mol. The molecule has 3 unspecified atom stereocenters. The molecule has 2 fully saturated rings. The van der Waals surface area contributed by atoms with Gasteiger partial charge < -0.3 is 15.4 Å². The molecule has 2 aliphatic rings. The summed E-state index contributed by atoms with van der Waals surface area (Å²) in [4.78, 5) is 0. The Balaban J connectivity index is 1.57. The Morgan fingerprint density at radius 3 is 2.03 bits per heavy atom. The molecule has 9 heteroatoms. The zero-order chi connectivity index (χ0) is 24.6. The van der Waals surface area contributed by atoms with E-state index in [0.717, 1.165) is 49.9 Å². The highest BCUT2D eigenvalue weighted by Crippen LogP contribution is 2.40. The van der Waals surface area contributed by atoms with E-state index >= 15 is 0 Å². The molecular formula is C25H28F6N2O. The van der Waals surface area contributed by atoms with Gasteiger partial charge in [-0.05, 0) is 68.5 Å². The lowest BCUT2D eigenvalue weighted by Crippen LogP contribution is -2.61. The van der Waals surface area contributed by atoms with Crippen LogP contribution in [-0.4, -0.2) is 25.2 Å². The molecule has 2 saturated heterocycles. The average molecular weight is 486 g/mol. The lowest BCUT2D eigenvalue weighted by atomic mass is 9.76. The molecule has 0 radical (unpaired) electrons. The minimum absolute atomic E-state index is 0.0204. The van der Waals surface area contributed by atoms with Gasteiger partial charge in [-0.15, -0.1) is 0 Å². The molecule has 2 aliphatic heterocycles. The van der Waals surface area contributed by atoms with Crippen molar-refractivity contribution in [1.82, 2.24) is 10.6 Å². The van der Waals surface area contributed by atoms with Gasteiger partial charge >= 0.3 is 12.4 Å². The Labute approximate surface area is 194 Å². The Hall–Kier alpha value is -2.10. The maximum Gasteiger partial charge on any atom is 0.416 e. The summed E-state index contributed by atoms with van der Waals surface area (Å²) < 4.78 is 85.7. The molecule has 0 saturated carbocycles. The molecule has 3 nitrogen and oxygen atoms in total. The van der Waals surface area contributed by atoms with E-state index < -0.39 is 35.1 Å². The number of ether oxygens (including phenoxy) is 1. The van der Waals surface area contributed by atoms with Crippen LogP contribution in [0.2, 0.25) is 0 Å². The molecule has 2 heterocycles. The highest BCUT2D eigenvalue weighted by Gasteiger charge is 2.45. The highest BCUT2D eigenvalue weighted by molar-refractivity contribution is 5.35. The van der Waals surface area contributed by atoms with Gasteiger partial charge in [0.25, 0.3) is 0 Å². The summed E-state index contributed by atoms with van der Waals surface area (Å²) in [7, 11) is 0. The summed E-state index contributed by atoms with van der Waals surface area (Å²) in [6.45, 7) is 3.27. The number of nitrogens with one attached hydrogen (secondary N) is 2. The van der Waals surface area contributed by atoms with Crippen molar-refractivity contribution in [2.24, 2.45) is 0 Å². The van der Waals surface area contributed by atoms with Gasteiger partial charge in [0.15, 0.2) is 0 Å². The maximum absolute atomic E-state index is 13.3. The molecule has 2 N–H and O–H groups in total. The summed E-state index contributed by atoms with van der Waals surface area (Å²) in [6.07, 6.45) is -6.96. The Bertz CT molecular complexity index is 941. The van der Waals surface area contributed by atoms with Gasteiger partial charge in [-0.25, -0.2) is 0 Å². The van der Waals surface area contributed by atoms with Crippen LogP contribution in [0.3, 0.4) is 0 Å². The van der Waals surface area contributed by atoms with Crippen LogP contribution in [0.15, 0.2) is 48.5 Å². The molecule has 34 heavy (non-hydrogen) atoms. The van der Waals surface area contributed by atoms with E-state index in [4.69, 9.17) is 4.74 Å². The summed E-state index contributed by atoms with van der Waals surface area (Å²) in [6, 6.07) is 11.2. The van der Waals surface area contributed by atoms with Crippen LogP contribution in [0.1, 0.15) is 61.0 Å². The first-order valence-electron chi connectivity index (χ1n) is 11.4. The fourth-order valence-electron chi connectivity index (χ4n) is 4.99. The largest absolute Gasteiger partial charge is 0.416 e. The van der Waals surface area contributed by atoms with E-state index in [0.29, 0.717) is 6.54 Å². The van der Waals surface area contributed by atoms with Crippen molar-refractivity contribution in [3.63, 3.8) is 0 Å². The molecule has 0 aliphatic carbocycles. The van der Waals surface area contributed by atoms with Crippen LogP contribution in [0.5, 0.6) is 0 Å². The number of benzene rings is 2. The minimum atomic E-state index is -4.89. The topological polar surface area (TPSA) is 33.3 Å². The van der Waals surface area contributed by atoms with E-state index in [9.17, 15) is 26.3 Å². The van der Waals surface area contributed by atoms with Crippen LogP contribution >= 0.6 is 0 Å². The number of alkyl halides is 6. The predicted octanol–water partition coefficient (Wildman–Crippen LogP) is 6.20. The number of hydrogen-bond acceptors (Lipinski definition) is 3. The second-order valence-corrected chi connectivity index (χ2v) is 9.40. The molecular weight excluding hydrogens is 458 g/mol. The SMILES string of the molecule is CC(OCC1(c2ccccc2)CCC2(CCCN2)CN1)c1cc(C(F)(F)F)cc(C(F)(F)F)c1. The van der Waals surface area contributed by atoms with Gasteiger partial charge in [0.05, 0.1) is 29.4 Å². The molecule has 2 aromatic rings. The van der Waals surface area contributed by atoms with Gasteiger partial charge in [0, 0.05) is 12.1 Å². The summed E-state index contributed by atoms with van der Waals surface area (Å²) in [5.74, 6) is 0. The fraction of sp³-hybridized carbons (Fsp3) is 0.520. The van der Waals surface area contributed by atoms with Crippen molar-refractivity contribution in [3.05, 3.63) is 70.8 Å². The van der Waals surface area contributed by atoms with Gasteiger partial charge in [0.1, 0.15) is 0 Å².